The van der Waals surface area contributed by atoms with E-state index in [1.165, 1.54) is 0 Å². The number of allylic oxidation sites excluding steroid dienone is 2. The molecule has 4 rings (SSSR count). The molecular weight excluding hydrogens is 360 g/mol. The molecule has 4 nitrogen and oxygen atoms in total. The summed E-state index contributed by atoms with van der Waals surface area (Å²) >= 11 is 0. The van der Waals surface area contributed by atoms with Crippen molar-refractivity contribution in [2.24, 2.45) is 23.7 Å². The van der Waals surface area contributed by atoms with Crippen molar-refractivity contribution in [3.8, 4) is 0 Å². The van der Waals surface area contributed by atoms with Crippen molar-refractivity contribution in [1.29, 1.82) is 0 Å². The predicted octanol–water partition coefficient (Wildman–Crippen LogP) is 4.94. The highest BCUT2D eigenvalue weighted by Crippen LogP contribution is 2.49. The van der Waals surface area contributed by atoms with Gasteiger partial charge >= 0.3 is 0 Å². The molecule has 0 aliphatic heterocycles. The summed E-state index contributed by atoms with van der Waals surface area (Å²) in [6, 6.07) is 12.0. The number of hydrogen-bond acceptors (Lipinski definition) is 2. The molecule has 2 aliphatic carbocycles. The lowest BCUT2D eigenvalue weighted by Crippen LogP contribution is -2.39. The van der Waals surface area contributed by atoms with Crippen LogP contribution in [0, 0.1) is 51.4 Å². The number of amides is 2. The molecule has 2 N–H and O–H groups in total. The zero-order chi connectivity index (χ0) is 20.7. The van der Waals surface area contributed by atoms with E-state index in [1.807, 2.05) is 52.0 Å². The van der Waals surface area contributed by atoms with Crippen molar-refractivity contribution in [3.05, 3.63) is 70.8 Å². The molecule has 2 aromatic carbocycles. The topological polar surface area (TPSA) is 58.2 Å². The Hall–Kier alpha value is -2.88. The molecule has 150 valence electrons. The minimum Gasteiger partial charge on any atom is -0.326 e. The second-order valence-electron chi connectivity index (χ2n) is 8.62. The monoisotopic (exact) mass is 388 g/mol. The number of nitrogens with one attached hydrogen (secondary N) is 2. The van der Waals surface area contributed by atoms with Crippen LogP contribution in [0.3, 0.4) is 0 Å². The quantitative estimate of drug-likeness (QED) is 0.729. The van der Waals surface area contributed by atoms with Gasteiger partial charge in [0.05, 0.1) is 11.8 Å². The van der Waals surface area contributed by atoms with Crippen molar-refractivity contribution < 1.29 is 9.59 Å². The largest absolute Gasteiger partial charge is 0.326 e. The average molecular weight is 389 g/mol. The third-order valence-electron chi connectivity index (χ3n) is 6.34. The van der Waals surface area contributed by atoms with E-state index in [2.05, 4.69) is 34.9 Å². The number of rotatable bonds is 4. The van der Waals surface area contributed by atoms with Crippen LogP contribution in [0.2, 0.25) is 0 Å². The molecule has 0 radical (unpaired) electrons. The number of carbonyl (C=O) groups excluding carboxylic acids is 2. The first kappa shape index (κ1) is 19.4. The molecule has 2 aliphatic rings. The Morgan fingerprint density at radius 1 is 0.724 bits per heavy atom. The van der Waals surface area contributed by atoms with E-state index in [-0.39, 0.29) is 35.5 Å². The SMILES string of the molecule is Cc1ccc(NC(=O)C2C3C=CC(C3)C2C(=O)Nc2ccc(C)cc2C)c(C)c1. The molecular formula is C25H28N2O2. The van der Waals surface area contributed by atoms with Gasteiger partial charge in [0.2, 0.25) is 11.8 Å². The van der Waals surface area contributed by atoms with Gasteiger partial charge in [-0.2, -0.15) is 0 Å². The summed E-state index contributed by atoms with van der Waals surface area (Å²) < 4.78 is 0. The molecule has 4 unspecified atom stereocenters. The molecule has 4 atom stereocenters. The van der Waals surface area contributed by atoms with Gasteiger partial charge in [-0.05, 0) is 69.2 Å². The molecule has 0 heterocycles. The highest BCUT2D eigenvalue weighted by atomic mass is 16.2. The van der Waals surface area contributed by atoms with Crippen molar-refractivity contribution in [2.45, 2.75) is 34.1 Å². The lowest BCUT2D eigenvalue weighted by molar-refractivity contribution is -0.129. The Labute approximate surface area is 172 Å². The van der Waals surface area contributed by atoms with E-state index < -0.39 is 0 Å². The highest BCUT2D eigenvalue weighted by molar-refractivity contribution is 6.01. The minimum atomic E-state index is -0.337. The first-order chi connectivity index (χ1) is 13.8. The molecule has 0 aromatic heterocycles. The predicted molar refractivity (Wildman–Crippen MR) is 117 cm³/mol. The first-order valence-electron chi connectivity index (χ1n) is 10.3. The first-order valence-corrected chi connectivity index (χ1v) is 10.3. The van der Waals surface area contributed by atoms with Crippen molar-refractivity contribution in [2.75, 3.05) is 10.6 Å². The lowest BCUT2D eigenvalue weighted by atomic mass is 9.81. The fraction of sp³-hybridized carbons (Fsp3) is 0.360. The van der Waals surface area contributed by atoms with Crippen LogP contribution in [0.25, 0.3) is 0 Å². The molecule has 0 spiro atoms. The van der Waals surface area contributed by atoms with Crippen LogP contribution in [0.4, 0.5) is 11.4 Å². The number of aryl methyl sites for hydroxylation is 4. The molecule has 0 saturated heterocycles. The third kappa shape index (κ3) is 3.71. The summed E-state index contributed by atoms with van der Waals surface area (Å²) in [5.41, 5.74) is 6.03. The van der Waals surface area contributed by atoms with Gasteiger partial charge in [-0.1, -0.05) is 47.5 Å². The van der Waals surface area contributed by atoms with E-state index >= 15 is 0 Å². The van der Waals surface area contributed by atoms with Crippen LogP contribution in [0.15, 0.2) is 48.6 Å². The Morgan fingerprint density at radius 2 is 1.14 bits per heavy atom. The maximum Gasteiger partial charge on any atom is 0.228 e. The molecule has 1 saturated carbocycles. The molecule has 29 heavy (non-hydrogen) atoms. The molecule has 2 bridgehead atoms. The van der Waals surface area contributed by atoms with Gasteiger partial charge in [0, 0.05) is 11.4 Å². The molecule has 4 heteroatoms. The van der Waals surface area contributed by atoms with Crippen molar-refractivity contribution >= 4 is 23.2 Å². The van der Waals surface area contributed by atoms with Gasteiger partial charge in [-0.25, -0.2) is 0 Å². The smallest absolute Gasteiger partial charge is 0.228 e. The van der Waals surface area contributed by atoms with Gasteiger partial charge in [0.25, 0.3) is 0 Å². The van der Waals surface area contributed by atoms with Gasteiger partial charge in [-0.15, -0.1) is 0 Å². The maximum atomic E-state index is 13.2. The zero-order valence-electron chi connectivity index (χ0n) is 17.5. The number of carbonyl (C=O) groups is 2. The zero-order valence-corrected chi connectivity index (χ0v) is 17.5. The van der Waals surface area contributed by atoms with E-state index in [4.69, 9.17) is 0 Å². The van der Waals surface area contributed by atoms with E-state index in [0.29, 0.717) is 0 Å². The van der Waals surface area contributed by atoms with Crippen LogP contribution < -0.4 is 10.6 Å². The Kier molecular flexibility index (Phi) is 5.03. The van der Waals surface area contributed by atoms with Crippen LogP contribution in [0.5, 0.6) is 0 Å². The molecule has 2 amide bonds. The van der Waals surface area contributed by atoms with E-state index in [9.17, 15) is 9.59 Å². The third-order valence-corrected chi connectivity index (χ3v) is 6.34. The highest BCUT2D eigenvalue weighted by Gasteiger charge is 2.51. The Bertz CT molecular complexity index is 928. The van der Waals surface area contributed by atoms with E-state index in [0.717, 1.165) is 40.0 Å². The second-order valence-corrected chi connectivity index (χ2v) is 8.62. The Balaban J connectivity index is 1.55. The number of hydrogen-bond donors (Lipinski definition) is 2. The fourth-order valence-electron chi connectivity index (χ4n) is 4.88. The summed E-state index contributed by atoms with van der Waals surface area (Å²) in [5, 5.41) is 6.16. The Morgan fingerprint density at radius 3 is 1.52 bits per heavy atom. The van der Waals surface area contributed by atoms with Crippen molar-refractivity contribution in [3.63, 3.8) is 0 Å². The van der Waals surface area contributed by atoms with Gasteiger partial charge in [-0.3, -0.25) is 9.59 Å². The van der Waals surface area contributed by atoms with Gasteiger partial charge in [0.15, 0.2) is 0 Å². The van der Waals surface area contributed by atoms with Crippen LogP contribution >= 0.6 is 0 Å². The minimum absolute atomic E-state index is 0.0606. The van der Waals surface area contributed by atoms with Crippen molar-refractivity contribution in [1.82, 2.24) is 0 Å². The summed E-state index contributed by atoms with van der Waals surface area (Å²) in [5.74, 6) is -0.543. The number of benzene rings is 2. The fourth-order valence-corrected chi connectivity index (χ4v) is 4.88. The van der Waals surface area contributed by atoms with Crippen LogP contribution in [-0.2, 0) is 9.59 Å². The number of fused-ring (bicyclic) bond motifs is 2. The summed E-state index contributed by atoms with van der Waals surface area (Å²) in [6.07, 6.45) is 5.09. The number of anilines is 2. The maximum absolute atomic E-state index is 13.2. The lowest BCUT2D eigenvalue weighted by Gasteiger charge is -2.27. The van der Waals surface area contributed by atoms with Gasteiger partial charge in [0.1, 0.15) is 0 Å². The molecule has 1 fully saturated rings. The molecule has 2 aromatic rings. The van der Waals surface area contributed by atoms with Crippen LogP contribution in [-0.4, -0.2) is 11.8 Å². The van der Waals surface area contributed by atoms with Gasteiger partial charge < -0.3 is 10.6 Å². The van der Waals surface area contributed by atoms with E-state index in [1.54, 1.807) is 0 Å². The summed E-state index contributed by atoms with van der Waals surface area (Å²) in [6.45, 7) is 8.06. The second kappa shape index (κ2) is 7.51. The average Bonchev–Trinajstić information content (AvgIpc) is 3.27. The summed E-state index contributed by atoms with van der Waals surface area (Å²) in [7, 11) is 0. The summed E-state index contributed by atoms with van der Waals surface area (Å²) in [4.78, 5) is 26.4. The standard InChI is InChI=1S/C25H28N2O2/c1-14-5-9-20(16(3)11-14)26-24(28)22-18-7-8-19(13-18)23(22)25(29)27-21-10-6-15(2)12-17(21)4/h5-12,18-19,22-23H,13H2,1-4H3,(H,26,28)(H,27,29). The van der Waals surface area contributed by atoms with Crippen LogP contribution in [0.1, 0.15) is 28.7 Å². The normalized spacial score (nSPS) is 24.6.